The van der Waals surface area contributed by atoms with Gasteiger partial charge >= 0.3 is 0 Å². The topological polar surface area (TPSA) is 192 Å². The zero-order valence-corrected chi connectivity index (χ0v) is 19.8. The van der Waals surface area contributed by atoms with Crippen molar-refractivity contribution in [3.63, 3.8) is 0 Å². The highest BCUT2D eigenvalue weighted by atomic mass is 35.5. The van der Waals surface area contributed by atoms with E-state index in [-0.39, 0.29) is 61.6 Å². The molecule has 0 fully saturated rings. The van der Waals surface area contributed by atoms with Crippen LogP contribution in [-0.4, -0.2) is 54.8 Å². The molecule has 0 bridgehead atoms. The number of guanidine groups is 1. The lowest BCUT2D eigenvalue weighted by molar-refractivity contribution is -0.136. The van der Waals surface area contributed by atoms with Crippen molar-refractivity contribution in [2.24, 2.45) is 17.2 Å². The third-order valence-corrected chi connectivity index (χ3v) is 4.02. The molecule has 0 saturated heterocycles. The number of aliphatic hydroxyl groups excluding tert-OH is 1. The van der Waals surface area contributed by atoms with Crippen LogP contribution in [0.1, 0.15) is 57.8 Å². The highest BCUT2D eigenvalue weighted by Crippen LogP contribution is 2.03. The number of halogens is 3. The second-order valence-electron chi connectivity index (χ2n) is 6.60. The second kappa shape index (κ2) is 24.2. The lowest BCUT2D eigenvalue weighted by atomic mass is 10.1. The summed E-state index contributed by atoms with van der Waals surface area (Å²) < 4.78 is 0. The average molecular weight is 497 g/mol. The van der Waals surface area contributed by atoms with Crippen molar-refractivity contribution in [2.75, 3.05) is 19.6 Å². The van der Waals surface area contributed by atoms with Crippen molar-refractivity contribution >= 4 is 55.0 Å². The molecular weight excluding hydrogens is 457 g/mol. The number of aliphatic hydroxyl groups is 1. The van der Waals surface area contributed by atoms with Crippen LogP contribution >= 0.6 is 37.2 Å². The molecular formula is C17H40Cl3N7O3. The first-order valence-electron chi connectivity index (χ1n) is 9.65. The van der Waals surface area contributed by atoms with Crippen LogP contribution in [-0.2, 0) is 9.59 Å². The lowest BCUT2D eigenvalue weighted by Gasteiger charge is -2.14. The zero-order valence-electron chi connectivity index (χ0n) is 17.4. The summed E-state index contributed by atoms with van der Waals surface area (Å²) in [6.07, 6.45) is 5.21. The molecule has 0 radical (unpaired) electrons. The molecule has 2 unspecified atom stereocenters. The molecule has 182 valence electrons. The third kappa shape index (κ3) is 23.2. The van der Waals surface area contributed by atoms with E-state index in [9.17, 15) is 14.7 Å². The van der Waals surface area contributed by atoms with Gasteiger partial charge in [0, 0.05) is 25.6 Å². The summed E-state index contributed by atoms with van der Waals surface area (Å²) >= 11 is 0. The zero-order chi connectivity index (χ0) is 20.5. The number of hydrogen-bond donors (Lipinski definition) is 8. The average Bonchev–Trinajstić information content (AvgIpc) is 2.62. The first-order valence-corrected chi connectivity index (χ1v) is 9.65. The van der Waals surface area contributed by atoms with Crippen LogP contribution in [0.3, 0.4) is 0 Å². The van der Waals surface area contributed by atoms with Gasteiger partial charge in [-0.3, -0.25) is 15.0 Å². The molecule has 13 heteroatoms. The van der Waals surface area contributed by atoms with Crippen LogP contribution in [0.15, 0.2) is 0 Å². The molecule has 0 aliphatic rings. The fourth-order valence-electron chi connectivity index (χ4n) is 2.47. The van der Waals surface area contributed by atoms with Crippen molar-refractivity contribution in [2.45, 2.75) is 70.1 Å². The van der Waals surface area contributed by atoms with Gasteiger partial charge in [-0.1, -0.05) is 12.8 Å². The maximum atomic E-state index is 11.7. The largest absolute Gasteiger partial charge is 0.370 e. The Morgan fingerprint density at radius 2 is 1.47 bits per heavy atom. The Morgan fingerprint density at radius 1 is 0.900 bits per heavy atom. The molecule has 0 spiro atoms. The van der Waals surface area contributed by atoms with E-state index in [1.165, 1.54) is 0 Å². The van der Waals surface area contributed by atoms with Gasteiger partial charge in [-0.25, -0.2) is 0 Å². The maximum Gasteiger partial charge on any atom is 0.269 e. The normalized spacial score (nSPS) is 11.6. The Bertz CT molecular complexity index is 449. The Labute approximate surface area is 198 Å². The summed E-state index contributed by atoms with van der Waals surface area (Å²) in [7, 11) is 0. The number of nitrogens with two attached hydrogens (primary N) is 3. The molecule has 0 aliphatic heterocycles. The van der Waals surface area contributed by atoms with E-state index < -0.39 is 12.1 Å². The van der Waals surface area contributed by atoms with Crippen LogP contribution in [0, 0.1) is 5.41 Å². The molecule has 0 saturated carbocycles. The molecule has 2 amide bonds. The molecule has 11 N–H and O–H groups in total. The SMILES string of the molecule is Cl.Cl.Cl.N=C(N)NCCCCCCC(=O)NC(O)C(=O)NCCCC(N)CCCN. The Kier molecular flexibility index (Phi) is 29.4. The molecule has 0 aliphatic carbocycles. The summed E-state index contributed by atoms with van der Waals surface area (Å²) in [5.41, 5.74) is 16.5. The van der Waals surface area contributed by atoms with Crippen LogP contribution in [0.2, 0.25) is 0 Å². The van der Waals surface area contributed by atoms with Gasteiger partial charge in [0.05, 0.1) is 0 Å². The van der Waals surface area contributed by atoms with Crippen molar-refractivity contribution in [3.05, 3.63) is 0 Å². The van der Waals surface area contributed by atoms with Crippen LogP contribution in [0.4, 0.5) is 0 Å². The van der Waals surface area contributed by atoms with Gasteiger partial charge in [0.2, 0.25) is 12.1 Å². The van der Waals surface area contributed by atoms with Gasteiger partial charge in [0.1, 0.15) is 0 Å². The summed E-state index contributed by atoms with van der Waals surface area (Å²) in [6, 6.07) is 0.0633. The minimum absolute atomic E-state index is 0. The summed E-state index contributed by atoms with van der Waals surface area (Å²) in [5, 5.41) is 24.3. The molecule has 10 nitrogen and oxygen atoms in total. The Hall–Kier alpha value is -1.04. The fourth-order valence-corrected chi connectivity index (χ4v) is 2.47. The summed E-state index contributed by atoms with van der Waals surface area (Å²) in [6.45, 7) is 1.65. The molecule has 2 atom stereocenters. The second-order valence-corrected chi connectivity index (χ2v) is 6.60. The van der Waals surface area contributed by atoms with Crippen molar-refractivity contribution in [1.29, 1.82) is 5.41 Å². The predicted octanol–water partition coefficient (Wildman–Crippen LogP) is 0.0826. The van der Waals surface area contributed by atoms with Gasteiger partial charge in [0.25, 0.3) is 5.91 Å². The Morgan fingerprint density at radius 3 is 2.07 bits per heavy atom. The highest BCUT2D eigenvalue weighted by Gasteiger charge is 2.16. The van der Waals surface area contributed by atoms with Gasteiger partial charge < -0.3 is 38.3 Å². The van der Waals surface area contributed by atoms with Crippen LogP contribution in [0.25, 0.3) is 0 Å². The summed E-state index contributed by atoms with van der Waals surface area (Å²) in [4.78, 5) is 23.5. The van der Waals surface area contributed by atoms with Gasteiger partial charge in [0.15, 0.2) is 5.96 Å². The van der Waals surface area contributed by atoms with Gasteiger partial charge in [-0.2, -0.15) is 0 Å². The molecule has 30 heavy (non-hydrogen) atoms. The van der Waals surface area contributed by atoms with E-state index in [4.69, 9.17) is 22.6 Å². The predicted molar refractivity (Wildman–Crippen MR) is 127 cm³/mol. The van der Waals surface area contributed by atoms with E-state index in [0.29, 0.717) is 32.5 Å². The molecule has 0 aromatic carbocycles. The first-order chi connectivity index (χ1) is 12.9. The Balaban J connectivity index is -0.00000113. The molecule has 0 heterocycles. The van der Waals surface area contributed by atoms with E-state index in [1.54, 1.807) is 0 Å². The quantitative estimate of drug-likeness (QED) is 0.0641. The van der Waals surface area contributed by atoms with E-state index >= 15 is 0 Å². The van der Waals surface area contributed by atoms with E-state index in [0.717, 1.165) is 38.5 Å². The van der Waals surface area contributed by atoms with Crippen molar-refractivity contribution in [1.82, 2.24) is 16.0 Å². The third-order valence-electron chi connectivity index (χ3n) is 4.02. The first kappa shape index (κ1) is 36.3. The van der Waals surface area contributed by atoms with Gasteiger partial charge in [-0.05, 0) is 45.1 Å². The summed E-state index contributed by atoms with van der Waals surface area (Å²) in [5.74, 6) is -1.02. The maximum absolute atomic E-state index is 11.7. The number of nitrogens with one attached hydrogen (secondary N) is 4. The minimum Gasteiger partial charge on any atom is -0.370 e. The highest BCUT2D eigenvalue weighted by molar-refractivity contribution is 5.86. The smallest absolute Gasteiger partial charge is 0.269 e. The van der Waals surface area contributed by atoms with Crippen molar-refractivity contribution < 1.29 is 14.7 Å². The number of unbranched alkanes of at least 4 members (excludes halogenated alkanes) is 3. The number of rotatable bonds is 16. The van der Waals surface area contributed by atoms with Crippen LogP contribution < -0.4 is 33.2 Å². The van der Waals surface area contributed by atoms with E-state index in [2.05, 4.69) is 16.0 Å². The number of carbonyl (C=O) groups excluding carboxylic acids is 2. The number of amides is 2. The lowest BCUT2D eigenvalue weighted by Crippen LogP contribution is -2.46. The number of hydrogen-bond acceptors (Lipinski definition) is 6. The molecule has 0 aromatic heterocycles. The van der Waals surface area contributed by atoms with E-state index in [1.807, 2.05) is 0 Å². The number of carbonyl (C=O) groups is 2. The van der Waals surface area contributed by atoms with Gasteiger partial charge in [-0.15, -0.1) is 37.2 Å². The van der Waals surface area contributed by atoms with Crippen molar-refractivity contribution in [3.8, 4) is 0 Å². The molecule has 0 rings (SSSR count). The monoisotopic (exact) mass is 495 g/mol. The molecule has 0 aromatic rings. The fraction of sp³-hybridized carbons (Fsp3) is 0.824. The van der Waals surface area contributed by atoms with Crippen LogP contribution in [0.5, 0.6) is 0 Å². The minimum atomic E-state index is -1.54. The standard InChI is InChI=1S/C17H37N7O3.3ClH/c18-10-5-7-13(19)8-6-12-22-15(26)16(27)24-14(25)9-3-1-2-4-11-23-17(20)21;;;/h13,16,27H,1-12,18-19H2,(H,22,26)(H,24,25)(H4,20,21,23);3*1H.